The number of carbonyl (C=O) groups excluding carboxylic acids is 1. The highest BCUT2D eigenvalue weighted by Crippen LogP contribution is 2.22. The summed E-state index contributed by atoms with van der Waals surface area (Å²) in [7, 11) is 0. The molecular formula is C16H24O3. The summed E-state index contributed by atoms with van der Waals surface area (Å²) in [5.41, 5.74) is 1.39. The average Bonchev–Trinajstić information content (AvgIpc) is 2.35. The minimum absolute atomic E-state index is 0.0107. The van der Waals surface area contributed by atoms with Gasteiger partial charge in [-0.1, -0.05) is 46.8 Å². The van der Waals surface area contributed by atoms with Crippen LogP contribution in [0.15, 0.2) is 24.3 Å². The van der Waals surface area contributed by atoms with Crippen LogP contribution in [0.5, 0.6) is 0 Å². The lowest BCUT2D eigenvalue weighted by molar-refractivity contribution is 0.0218. The van der Waals surface area contributed by atoms with Crippen LogP contribution in [-0.4, -0.2) is 24.3 Å². The van der Waals surface area contributed by atoms with Crippen molar-refractivity contribution in [1.82, 2.24) is 0 Å². The zero-order valence-corrected chi connectivity index (χ0v) is 12.5. The van der Waals surface area contributed by atoms with Crippen molar-refractivity contribution in [2.45, 2.75) is 40.0 Å². The minimum Gasteiger partial charge on any atom is -0.461 e. The highest BCUT2D eigenvalue weighted by Gasteiger charge is 2.20. The summed E-state index contributed by atoms with van der Waals surface area (Å²) in [6, 6.07) is 7.48. The van der Waals surface area contributed by atoms with Crippen LogP contribution >= 0.6 is 0 Å². The van der Waals surface area contributed by atoms with Gasteiger partial charge in [0.2, 0.25) is 0 Å². The maximum atomic E-state index is 11.9. The first-order valence-corrected chi connectivity index (χ1v) is 6.54. The number of aliphatic hydroxyl groups is 1. The Kier molecular flexibility index (Phi) is 4.75. The molecule has 0 saturated carbocycles. The number of hydrogen-bond donors (Lipinski definition) is 1. The van der Waals surface area contributed by atoms with E-state index in [1.165, 1.54) is 5.56 Å². The molecule has 1 aromatic carbocycles. The number of benzene rings is 1. The fraction of sp³-hybridized carbons (Fsp3) is 0.562. The van der Waals surface area contributed by atoms with Crippen molar-refractivity contribution in [3.05, 3.63) is 35.4 Å². The molecule has 0 unspecified atom stereocenters. The van der Waals surface area contributed by atoms with Crippen LogP contribution in [0.2, 0.25) is 0 Å². The lowest BCUT2D eigenvalue weighted by atomic mass is 9.87. The SMILES string of the molecule is CC(C)(CO)COC(=O)c1ccc(C(C)(C)C)cc1. The Labute approximate surface area is 115 Å². The van der Waals surface area contributed by atoms with Gasteiger partial charge in [-0.2, -0.15) is 0 Å². The van der Waals surface area contributed by atoms with E-state index >= 15 is 0 Å². The highest BCUT2D eigenvalue weighted by atomic mass is 16.5. The molecule has 0 fully saturated rings. The summed E-state index contributed by atoms with van der Waals surface area (Å²) >= 11 is 0. The molecule has 0 aliphatic heterocycles. The van der Waals surface area contributed by atoms with E-state index in [1.807, 2.05) is 26.0 Å². The molecular weight excluding hydrogens is 240 g/mol. The second-order valence-corrected chi connectivity index (χ2v) is 6.73. The maximum absolute atomic E-state index is 11.9. The molecule has 0 atom stereocenters. The van der Waals surface area contributed by atoms with Crippen LogP contribution in [0, 0.1) is 5.41 Å². The molecule has 106 valence electrons. The van der Waals surface area contributed by atoms with E-state index in [4.69, 9.17) is 9.84 Å². The average molecular weight is 264 g/mol. The first-order valence-electron chi connectivity index (χ1n) is 6.54. The summed E-state index contributed by atoms with van der Waals surface area (Å²) in [4.78, 5) is 11.9. The van der Waals surface area contributed by atoms with Crippen molar-refractivity contribution in [2.24, 2.45) is 5.41 Å². The van der Waals surface area contributed by atoms with Crippen LogP contribution in [0.1, 0.15) is 50.5 Å². The summed E-state index contributed by atoms with van der Waals surface area (Å²) in [6.45, 7) is 10.3. The predicted octanol–water partition coefficient (Wildman–Crippen LogP) is 3.16. The molecule has 0 aromatic heterocycles. The predicted molar refractivity (Wildman–Crippen MR) is 76.3 cm³/mol. The Morgan fingerprint density at radius 2 is 1.63 bits per heavy atom. The molecule has 0 amide bonds. The number of carbonyl (C=O) groups is 1. The molecule has 1 N–H and O–H groups in total. The van der Waals surface area contributed by atoms with Crippen molar-refractivity contribution in [3.8, 4) is 0 Å². The van der Waals surface area contributed by atoms with Gasteiger partial charge in [0.1, 0.15) is 0 Å². The number of ether oxygens (including phenoxy) is 1. The van der Waals surface area contributed by atoms with E-state index < -0.39 is 5.41 Å². The van der Waals surface area contributed by atoms with Crippen molar-refractivity contribution in [1.29, 1.82) is 0 Å². The molecule has 0 heterocycles. The van der Waals surface area contributed by atoms with Crippen LogP contribution in [0.4, 0.5) is 0 Å². The van der Waals surface area contributed by atoms with E-state index in [0.29, 0.717) is 5.56 Å². The summed E-state index contributed by atoms with van der Waals surface area (Å²) in [5.74, 6) is -0.345. The zero-order valence-electron chi connectivity index (χ0n) is 12.5. The Balaban J connectivity index is 2.69. The minimum atomic E-state index is -0.402. The molecule has 0 radical (unpaired) electrons. The van der Waals surface area contributed by atoms with Crippen molar-refractivity contribution >= 4 is 5.97 Å². The fourth-order valence-corrected chi connectivity index (χ4v) is 1.50. The summed E-state index contributed by atoms with van der Waals surface area (Å²) < 4.78 is 5.21. The molecule has 1 aromatic rings. The molecule has 0 aliphatic rings. The second-order valence-electron chi connectivity index (χ2n) is 6.73. The van der Waals surface area contributed by atoms with E-state index in [0.717, 1.165) is 0 Å². The van der Waals surface area contributed by atoms with E-state index in [9.17, 15) is 4.79 Å². The van der Waals surface area contributed by atoms with Crippen LogP contribution in [0.25, 0.3) is 0 Å². The third kappa shape index (κ3) is 4.67. The van der Waals surface area contributed by atoms with Crippen molar-refractivity contribution < 1.29 is 14.6 Å². The van der Waals surface area contributed by atoms with Gasteiger partial charge < -0.3 is 9.84 Å². The quantitative estimate of drug-likeness (QED) is 0.850. The standard InChI is InChI=1S/C16H24O3/c1-15(2,3)13-8-6-12(7-9-13)14(18)19-11-16(4,5)10-17/h6-9,17H,10-11H2,1-5H3. The van der Waals surface area contributed by atoms with E-state index in [1.54, 1.807) is 12.1 Å². The number of esters is 1. The lowest BCUT2D eigenvalue weighted by Gasteiger charge is -2.21. The van der Waals surface area contributed by atoms with Gasteiger partial charge in [-0.3, -0.25) is 0 Å². The lowest BCUT2D eigenvalue weighted by Crippen LogP contribution is -2.25. The van der Waals surface area contributed by atoms with Gasteiger partial charge in [-0.25, -0.2) is 4.79 Å². The summed E-state index contributed by atoms with van der Waals surface area (Å²) in [6.07, 6.45) is 0. The van der Waals surface area contributed by atoms with E-state index in [-0.39, 0.29) is 24.6 Å². The molecule has 3 heteroatoms. The van der Waals surface area contributed by atoms with Crippen LogP contribution < -0.4 is 0 Å². The smallest absolute Gasteiger partial charge is 0.338 e. The van der Waals surface area contributed by atoms with Crippen molar-refractivity contribution in [2.75, 3.05) is 13.2 Å². The molecule has 0 spiro atoms. The fourth-order valence-electron chi connectivity index (χ4n) is 1.50. The Morgan fingerprint density at radius 3 is 2.05 bits per heavy atom. The number of rotatable bonds is 4. The van der Waals surface area contributed by atoms with Crippen LogP contribution in [0.3, 0.4) is 0 Å². The van der Waals surface area contributed by atoms with Crippen LogP contribution in [-0.2, 0) is 10.2 Å². The van der Waals surface area contributed by atoms with E-state index in [2.05, 4.69) is 20.8 Å². The van der Waals surface area contributed by atoms with Crippen molar-refractivity contribution in [3.63, 3.8) is 0 Å². The maximum Gasteiger partial charge on any atom is 0.338 e. The monoisotopic (exact) mass is 264 g/mol. The van der Waals surface area contributed by atoms with Gasteiger partial charge in [0.25, 0.3) is 0 Å². The van der Waals surface area contributed by atoms with Gasteiger partial charge in [0.05, 0.1) is 18.8 Å². The molecule has 3 nitrogen and oxygen atoms in total. The Bertz CT molecular complexity index is 424. The Morgan fingerprint density at radius 1 is 1.11 bits per heavy atom. The second kappa shape index (κ2) is 5.74. The zero-order chi connectivity index (χ0) is 14.7. The molecule has 1 rings (SSSR count). The first-order chi connectivity index (χ1) is 8.65. The largest absolute Gasteiger partial charge is 0.461 e. The molecule has 19 heavy (non-hydrogen) atoms. The Hall–Kier alpha value is -1.35. The van der Waals surface area contributed by atoms with Gasteiger partial charge in [0.15, 0.2) is 0 Å². The first kappa shape index (κ1) is 15.7. The summed E-state index contributed by atoms with van der Waals surface area (Å²) in [5, 5.41) is 9.11. The van der Waals surface area contributed by atoms with Gasteiger partial charge in [-0.15, -0.1) is 0 Å². The number of hydrogen-bond acceptors (Lipinski definition) is 3. The highest BCUT2D eigenvalue weighted by molar-refractivity contribution is 5.89. The normalized spacial score (nSPS) is 12.3. The van der Waals surface area contributed by atoms with Gasteiger partial charge >= 0.3 is 5.97 Å². The molecule has 0 saturated heterocycles. The topological polar surface area (TPSA) is 46.5 Å². The molecule has 0 bridgehead atoms. The third-order valence-corrected chi connectivity index (χ3v) is 3.01. The molecule has 0 aliphatic carbocycles. The van der Waals surface area contributed by atoms with Gasteiger partial charge in [-0.05, 0) is 23.1 Å². The third-order valence-electron chi connectivity index (χ3n) is 3.01. The number of aliphatic hydroxyl groups excluding tert-OH is 1. The van der Waals surface area contributed by atoms with Gasteiger partial charge in [0, 0.05) is 5.41 Å².